The number of nitrogens with two attached hydrogens (primary N) is 1. The molecule has 0 spiro atoms. The fourth-order valence-corrected chi connectivity index (χ4v) is 3.38. The summed E-state index contributed by atoms with van der Waals surface area (Å²) in [6, 6.07) is 2.34. The Labute approximate surface area is 116 Å². The molecule has 3 nitrogen and oxygen atoms in total. The third-order valence-electron chi connectivity index (χ3n) is 4.48. The van der Waals surface area contributed by atoms with Gasteiger partial charge in [0.25, 0.3) is 0 Å². The second kappa shape index (κ2) is 5.91. The zero-order chi connectivity index (χ0) is 13.1. The third-order valence-corrected chi connectivity index (χ3v) is 4.48. The van der Waals surface area contributed by atoms with E-state index in [1.165, 1.54) is 67.6 Å². The van der Waals surface area contributed by atoms with Crippen molar-refractivity contribution in [3.05, 3.63) is 22.9 Å². The van der Waals surface area contributed by atoms with Crippen molar-refractivity contribution in [2.75, 3.05) is 18.0 Å². The minimum Gasteiger partial charge on any atom is -0.356 e. The van der Waals surface area contributed by atoms with Gasteiger partial charge in [-0.3, -0.25) is 0 Å². The Morgan fingerprint density at radius 3 is 2.47 bits per heavy atom. The number of aromatic nitrogens is 1. The number of hydrogen-bond donors (Lipinski definition) is 1. The molecule has 2 N–H and O–H groups in total. The Hall–Kier alpha value is -1.09. The minimum atomic E-state index is 0.617. The molecule has 0 aromatic carbocycles. The summed E-state index contributed by atoms with van der Waals surface area (Å²) in [5.41, 5.74) is 10.0. The molecule has 0 unspecified atom stereocenters. The Morgan fingerprint density at radius 2 is 1.74 bits per heavy atom. The first-order valence-corrected chi connectivity index (χ1v) is 7.85. The van der Waals surface area contributed by atoms with E-state index in [0.717, 1.165) is 19.5 Å². The average Bonchev–Trinajstić information content (AvgIpc) is 2.74. The number of rotatable bonds is 2. The highest BCUT2D eigenvalue weighted by Crippen LogP contribution is 2.28. The molecular weight excluding hydrogens is 234 g/mol. The summed E-state index contributed by atoms with van der Waals surface area (Å²) in [5.74, 6) is 1.19. The van der Waals surface area contributed by atoms with Gasteiger partial charge >= 0.3 is 0 Å². The molecule has 1 saturated heterocycles. The average molecular weight is 259 g/mol. The van der Waals surface area contributed by atoms with Crippen molar-refractivity contribution in [3.63, 3.8) is 0 Å². The summed E-state index contributed by atoms with van der Waals surface area (Å²) < 4.78 is 0. The Bertz CT molecular complexity index is 434. The van der Waals surface area contributed by atoms with E-state index in [1.54, 1.807) is 0 Å². The van der Waals surface area contributed by atoms with Crippen LogP contribution in [-0.2, 0) is 19.4 Å². The highest BCUT2D eigenvalue weighted by atomic mass is 15.2. The molecule has 3 heteroatoms. The standard InChI is InChI=1S/C16H25N3/c17-12-14-11-13-7-3-4-8-15(13)18-16(14)19-9-5-1-2-6-10-19/h11H,1-10,12,17H2. The van der Waals surface area contributed by atoms with Gasteiger partial charge in [0.15, 0.2) is 0 Å². The normalized spacial score (nSPS) is 19.9. The van der Waals surface area contributed by atoms with Crippen molar-refractivity contribution >= 4 is 5.82 Å². The predicted octanol–water partition coefficient (Wildman–Crippen LogP) is 2.80. The second-order valence-corrected chi connectivity index (χ2v) is 5.89. The molecule has 0 bridgehead atoms. The number of nitrogens with zero attached hydrogens (tertiary/aromatic N) is 2. The lowest BCUT2D eigenvalue weighted by Gasteiger charge is -2.26. The van der Waals surface area contributed by atoms with Crippen LogP contribution >= 0.6 is 0 Å². The van der Waals surface area contributed by atoms with Crippen molar-refractivity contribution < 1.29 is 0 Å². The van der Waals surface area contributed by atoms with Crippen molar-refractivity contribution in [2.24, 2.45) is 5.73 Å². The van der Waals surface area contributed by atoms with Crippen LogP contribution in [0, 0.1) is 0 Å². The van der Waals surface area contributed by atoms with E-state index in [1.807, 2.05) is 0 Å². The van der Waals surface area contributed by atoms with Gasteiger partial charge in [0.2, 0.25) is 0 Å². The smallest absolute Gasteiger partial charge is 0.133 e. The first-order valence-electron chi connectivity index (χ1n) is 7.85. The van der Waals surface area contributed by atoms with Gasteiger partial charge in [-0.25, -0.2) is 4.98 Å². The molecule has 1 fully saturated rings. The molecule has 3 rings (SSSR count). The van der Waals surface area contributed by atoms with Crippen molar-refractivity contribution in [1.82, 2.24) is 4.98 Å². The molecule has 104 valence electrons. The SMILES string of the molecule is NCc1cc2c(nc1N1CCCCCC1)CCCC2. The highest BCUT2D eigenvalue weighted by Gasteiger charge is 2.19. The summed E-state index contributed by atoms with van der Waals surface area (Å²) in [6.07, 6.45) is 10.3. The summed E-state index contributed by atoms with van der Waals surface area (Å²) in [5, 5.41) is 0. The number of fused-ring (bicyclic) bond motifs is 1. The number of pyridine rings is 1. The van der Waals surface area contributed by atoms with E-state index in [-0.39, 0.29) is 0 Å². The highest BCUT2D eigenvalue weighted by molar-refractivity contribution is 5.50. The Kier molecular flexibility index (Phi) is 4.02. The van der Waals surface area contributed by atoms with Crippen LogP contribution in [0.2, 0.25) is 0 Å². The van der Waals surface area contributed by atoms with E-state index in [2.05, 4.69) is 11.0 Å². The minimum absolute atomic E-state index is 0.617. The van der Waals surface area contributed by atoms with Crippen LogP contribution in [0.15, 0.2) is 6.07 Å². The number of hydrogen-bond acceptors (Lipinski definition) is 3. The second-order valence-electron chi connectivity index (χ2n) is 5.89. The molecule has 2 aliphatic rings. The van der Waals surface area contributed by atoms with Crippen molar-refractivity contribution in [1.29, 1.82) is 0 Å². The topological polar surface area (TPSA) is 42.1 Å². The first-order chi connectivity index (χ1) is 9.38. The van der Waals surface area contributed by atoms with Gasteiger partial charge in [-0.05, 0) is 50.2 Å². The number of anilines is 1. The molecule has 1 aromatic heterocycles. The summed E-state index contributed by atoms with van der Waals surface area (Å²) in [4.78, 5) is 7.47. The van der Waals surface area contributed by atoms with E-state index in [4.69, 9.17) is 10.7 Å². The molecule has 1 aromatic rings. The molecule has 0 radical (unpaired) electrons. The molecule has 1 aliphatic heterocycles. The van der Waals surface area contributed by atoms with E-state index in [9.17, 15) is 0 Å². The lowest BCUT2D eigenvalue weighted by molar-refractivity contribution is 0.660. The monoisotopic (exact) mass is 259 g/mol. The fraction of sp³-hybridized carbons (Fsp3) is 0.688. The van der Waals surface area contributed by atoms with Gasteiger partial charge in [-0.15, -0.1) is 0 Å². The lowest BCUT2D eigenvalue weighted by atomic mass is 9.94. The van der Waals surface area contributed by atoms with Crippen LogP contribution in [0.4, 0.5) is 5.82 Å². The molecule has 2 heterocycles. The van der Waals surface area contributed by atoms with E-state index in [0.29, 0.717) is 6.54 Å². The van der Waals surface area contributed by atoms with Crippen LogP contribution in [0.5, 0.6) is 0 Å². The Balaban J connectivity index is 1.93. The molecule has 0 saturated carbocycles. The van der Waals surface area contributed by atoms with Gasteiger partial charge in [-0.2, -0.15) is 0 Å². The summed E-state index contributed by atoms with van der Waals surface area (Å²) >= 11 is 0. The van der Waals surface area contributed by atoms with Crippen LogP contribution in [-0.4, -0.2) is 18.1 Å². The van der Waals surface area contributed by atoms with Crippen molar-refractivity contribution in [3.8, 4) is 0 Å². The zero-order valence-corrected chi connectivity index (χ0v) is 11.8. The van der Waals surface area contributed by atoms with Gasteiger partial charge in [-0.1, -0.05) is 12.8 Å². The number of aryl methyl sites for hydroxylation is 2. The zero-order valence-electron chi connectivity index (χ0n) is 11.8. The van der Waals surface area contributed by atoms with Gasteiger partial charge in [0.1, 0.15) is 5.82 Å². The Morgan fingerprint density at radius 1 is 1.00 bits per heavy atom. The maximum Gasteiger partial charge on any atom is 0.133 e. The molecule has 1 aliphatic carbocycles. The van der Waals surface area contributed by atoms with Crippen LogP contribution in [0.25, 0.3) is 0 Å². The fourth-order valence-electron chi connectivity index (χ4n) is 3.38. The van der Waals surface area contributed by atoms with E-state index >= 15 is 0 Å². The van der Waals surface area contributed by atoms with Crippen LogP contribution < -0.4 is 10.6 Å². The molecule has 19 heavy (non-hydrogen) atoms. The first kappa shape index (κ1) is 12.9. The van der Waals surface area contributed by atoms with Crippen LogP contribution in [0.1, 0.15) is 55.3 Å². The van der Waals surface area contributed by atoms with Crippen LogP contribution in [0.3, 0.4) is 0 Å². The van der Waals surface area contributed by atoms with Crippen molar-refractivity contribution in [2.45, 2.75) is 57.9 Å². The third kappa shape index (κ3) is 2.76. The molecular formula is C16H25N3. The van der Waals surface area contributed by atoms with E-state index < -0.39 is 0 Å². The summed E-state index contributed by atoms with van der Waals surface area (Å²) in [6.45, 7) is 2.92. The van der Waals surface area contributed by atoms with Gasteiger partial charge in [0.05, 0.1) is 0 Å². The quantitative estimate of drug-likeness (QED) is 0.888. The molecule has 0 amide bonds. The summed E-state index contributed by atoms with van der Waals surface area (Å²) in [7, 11) is 0. The maximum atomic E-state index is 5.96. The largest absolute Gasteiger partial charge is 0.356 e. The van der Waals surface area contributed by atoms with Gasteiger partial charge < -0.3 is 10.6 Å². The maximum absolute atomic E-state index is 5.96. The lowest BCUT2D eigenvalue weighted by Crippen LogP contribution is -2.27. The molecule has 0 atom stereocenters. The van der Waals surface area contributed by atoms with Gasteiger partial charge in [0, 0.05) is 30.9 Å². The predicted molar refractivity (Wildman–Crippen MR) is 79.5 cm³/mol.